The summed E-state index contributed by atoms with van der Waals surface area (Å²) in [5.41, 5.74) is 0. The van der Waals surface area contributed by atoms with Crippen molar-refractivity contribution in [3.63, 3.8) is 0 Å². The molecule has 0 radical (unpaired) electrons. The molecule has 0 heterocycles. The number of thiol groups is 2. The molecular formula is C4H6S3. The maximum Gasteiger partial charge on any atom is -0.0187 e. The Bertz CT molecular complexity index is 65.0. The Morgan fingerprint density at radius 2 is 1.43 bits per heavy atom. The first kappa shape index (κ1) is 7.53. The van der Waals surface area contributed by atoms with E-state index in [0.717, 1.165) is 0 Å². The summed E-state index contributed by atoms with van der Waals surface area (Å²) >= 11 is 9.21. The molecule has 40 valence electrons. The first-order valence-electron chi connectivity index (χ1n) is 1.65. The molecule has 0 aromatic heterocycles. The van der Waals surface area contributed by atoms with Crippen LogP contribution in [-0.2, 0) is 0 Å². The van der Waals surface area contributed by atoms with E-state index in [9.17, 15) is 0 Å². The van der Waals surface area contributed by atoms with Crippen LogP contribution in [0.1, 0.15) is 0 Å². The van der Waals surface area contributed by atoms with Gasteiger partial charge < -0.3 is 0 Å². The van der Waals surface area contributed by atoms with Crippen LogP contribution in [0.3, 0.4) is 0 Å². The van der Waals surface area contributed by atoms with E-state index < -0.39 is 0 Å². The lowest BCUT2D eigenvalue weighted by atomic mass is 11.2. The normalized spacial score (nSPS) is 11.7. The average Bonchev–Trinajstić information content (AvgIpc) is 1.69. The van der Waals surface area contributed by atoms with E-state index in [0.29, 0.717) is 0 Å². The van der Waals surface area contributed by atoms with Crippen LogP contribution in [0, 0.1) is 0 Å². The van der Waals surface area contributed by atoms with Crippen molar-refractivity contribution < 1.29 is 0 Å². The summed E-state index contributed by atoms with van der Waals surface area (Å²) in [5.74, 6) is 0. The Kier molecular flexibility index (Phi) is 7.02. The van der Waals surface area contributed by atoms with Crippen LogP contribution in [0.4, 0.5) is 0 Å². The summed E-state index contributed by atoms with van der Waals surface area (Å²) in [6.45, 7) is 0. The second-order valence-corrected chi connectivity index (χ2v) is 2.12. The van der Waals surface area contributed by atoms with Gasteiger partial charge in [-0.3, -0.25) is 0 Å². The molecule has 0 aromatic rings. The molecule has 0 unspecified atom stereocenters. The zero-order valence-corrected chi connectivity index (χ0v) is 6.22. The molecule has 0 fully saturated rings. The van der Waals surface area contributed by atoms with Gasteiger partial charge in [-0.2, -0.15) is 25.3 Å². The smallest absolute Gasteiger partial charge is 0.0187 e. The molecule has 0 aliphatic carbocycles. The maximum atomic E-state index is 3.83. The summed E-state index contributed by atoms with van der Waals surface area (Å²) in [6, 6.07) is 0. The zero-order chi connectivity index (χ0) is 5.54. The predicted octanol–water partition coefficient (Wildman–Crippen LogP) is 2.52. The molecule has 0 saturated carbocycles. The van der Waals surface area contributed by atoms with Crippen LogP contribution < -0.4 is 0 Å². The summed E-state index contributed by atoms with van der Waals surface area (Å²) in [6.07, 6.45) is 0. The van der Waals surface area contributed by atoms with Gasteiger partial charge in [0, 0.05) is 0 Å². The van der Waals surface area contributed by atoms with Crippen molar-refractivity contribution in [1.82, 2.24) is 0 Å². The number of hydrogen-bond donors (Lipinski definition) is 2. The number of hydrogen-bond acceptors (Lipinski definition) is 3. The highest BCUT2D eigenvalue weighted by Gasteiger charge is 1.62. The molecule has 0 atom stereocenters. The molecule has 0 spiro atoms. The van der Waals surface area contributed by atoms with Gasteiger partial charge in [-0.25, -0.2) is 0 Å². The fraction of sp³-hybridized carbons (Fsp3) is 0. The van der Waals surface area contributed by atoms with E-state index in [-0.39, 0.29) is 0 Å². The SMILES string of the molecule is S/C=C\S/C=C\S. The lowest BCUT2D eigenvalue weighted by Crippen LogP contribution is -1.35. The Morgan fingerprint density at radius 1 is 1.00 bits per heavy atom. The van der Waals surface area contributed by atoms with Gasteiger partial charge in [0.15, 0.2) is 0 Å². The highest BCUT2D eigenvalue weighted by atomic mass is 32.2. The van der Waals surface area contributed by atoms with E-state index in [2.05, 4.69) is 25.3 Å². The summed E-state index contributed by atoms with van der Waals surface area (Å²) < 4.78 is 0. The van der Waals surface area contributed by atoms with Crippen molar-refractivity contribution in [2.24, 2.45) is 0 Å². The monoisotopic (exact) mass is 150 g/mol. The topological polar surface area (TPSA) is 0 Å². The van der Waals surface area contributed by atoms with E-state index in [1.54, 1.807) is 10.8 Å². The number of rotatable bonds is 2. The minimum absolute atomic E-state index is 1.54. The largest absolute Gasteiger partial charge is 0.151 e. The van der Waals surface area contributed by atoms with Gasteiger partial charge in [-0.1, -0.05) is 0 Å². The Balaban J connectivity index is 2.98. The van der Waals surface area contributed by atoms with Gasteiger partial charge in [0.05, 0.1) is 0 Å². The van der Waals surface area contributed by atoms with Crippen molar-refractivity contribution >= 4 is 37.0 Å². The molecule has 3 heteroatoms. The molecule has 0 rings (SSSR count). The lowest BCUT2D eigenvalue weighted by Gasteiger charge is -1.72. The van der Waals surface area contributed by atoms with Gasteiger partial charge >= 0.3 is 0 Å². The lowest BCUT2D eigenvalue weighted by molar-refractivity contribution is 2.50. The second kappa shape index (κ2) is 6.53. The molecule has 0 aromatic carbocycles. The van der Waals surface area contributed by atoms with Crippen molar-refractivity contribution in [2.75, 3.05) is 0 Å². The van der Waals surface area contributed by atoms with Crippen molar-refractivity contribution in [3.8, 4) is 0 Å². The number of thioether (sulfide) groups is 1. The molecule has 0 nitrogen and oxygen atoms in total. The van der Waals surface area contributed by atoms with Gasteiger partial charge in [0.2, 0.25) is 0 Å². The molecule has 0 aliphatic heterocycles. The molecule has 0 amide bonds. The fourth-order valence-corrected chi connectivity index (χ4v) is 0.769. The van der Waals surface area contributed by atoms with Gasteiger partial charge in [-0.15, -0.1) is 11.8 Å². The highest BCUT2D eigenvalue weighted by molar-refractivity contribution is 8.05. The zero-order valence-electron chi connectivity index (χ0n) is 3.61. The predicted molar refractivity (Wildman–Crippen MR) is 43.8 cm³/mol. The van der Waals surface area contributed by atoms with Crippen LogP contribution in [-0.4, -0.2) is 0 Å². The van der Waals surface area contributed by atoms with Gasteiger partial charge in [-0.05, 0) is 21.6 Å². The third kappa shape index (κ3) is 6.53. The molecule has 0 saturated heterocycles. The fourth-order valence-electron chi connectivity index (χ4n) is 0.116. The van der Waals surface area contributed by atoms with Crippen LogP contribution in [0.25, 0.3) is 0 Å². The highest BCUT2D eigenvalue weighted by Crippen LogP contribution is 2.04. The maximum absolute atomic E-state index is 3.83. The molecule has 0 aliphatic rings. The minimum Gasteiger partial charge on any atom is -0.151 e. The Morgan fingerprint density at radius 3 is 1.71 bits per heavy atom. The molecular weight excluding hydrogens is 144 g/mol. The first-order valence-corrected chi connectivity index (χ1v) is 3.63. The summed E-state index contributed by atoms with van der Waals surface area (Å²) in [4.78, 5) is 0. The van der Waals surface area contributed by atoms with Crippen LogP contribution >= 0.6 is 37.0 Å². The quantitative estimate of drug-likeness (QED) is 0.570. The summed E-state index contributed by atoms with van der Waals surface area (Å²) in [7, 11) is 0. The minimum atomic E-state index is 1.54. The van der Waals surface area contributed by atoms with Crippen molar-refractivity contribution in [3.05, 3.63) is 21.6 Å². The average molecular weight is 150 g/mol. The standard InChI is InChI=1S/C4H6S3/c5-1-3-7-4-2-6/h1-6H/b3-1-,4-2-. The van der Waals surface area contributed by atoms with E-state index >= 15 is 0 Å². The first-order chi connectivity index (χ1) is 3.41. The summed E-state index contributed by atoms with van der Waals surface area (Å²) in [5, 5.41) is 7.07. The van der Waals surface area contributed by atoms with Gasteiger partial charge in [0.1, 0.15) is 0 Å². The van der Waals surface area contributed by atoms with Crippen LogP contribution in [0.5, 0.6) is 0 Å². The second-order valence-electron chi connectivity index (χ2n) is 0.706. The van der Waals surface area contributed by atoms with Crippen molar-refractivity contribution in [2.45, 2.75) is 0 Å². The van der Waals surface area contributed by atoms with E-state index in [1.165, 1.54) is 11.8 Å². The van der Waals surface area contributed by atoms with Crippen molar-refractivity contribution in [1.29, 1.82) is 0 Å². The Labute approximate surface area is 58.9 Å². The third-order valence-corrected chi connectivity index (χ3v) is 1.57. The van der Waals surface area contributed by atoms with Gasteiger partial charge in [0.25, 0.3) is 0 Å². The Hall–Kier alpha value is 0.530. The molecule has 0 N–H and O–H groups in total. The van der Waals surface area contributed by atoms with Crippen LogP contribution in [0.2, 0.25) is 0 Å². The molecule has 0 bridgehead atoms. The molecule has 7 heavy (non-hydrogen) atoms. The van der Waals surface area contributed by atoms with E-state index in [1.807, 2.05) is 10.8 Å². The van der Waals surface area contributed by atoms with Crippen LogP contribution in [0.15, 0.2) is 21.6 Å². The third-order valence-electron chi connectivity index (χ3n) is 0.279. The van der Waals surface area contributed by atoms with E-state index in [4.69, 9.17) is 0 Å².